The first-order valence-electron chi connectivity index (χ1n) is 7.10. The molecule has 23 heavy (non-hydrogen) atoms. The Morgan fingerprint density at radius 1 is 0.870 bits per heavy atom. The summed E-state index contributed by atoms with van der Waals surface area (Å²) in [4.78, 5) is 0. The van der Waals surface area contributed by atoms with E-state index >= 15 is 0 Å². The number of fused-ring (bicyclic) bond motifs is 1. The van der Waals surface area contributed by atoms with Crippen LogP contribution < -0.4 is 10.6 Å². The molecule has 0 saturated heterocycles. The fourth-order valence-corrected chi connectivity index (χ4v) is 2.40. The predicted octanol–water partition coefficient (Wildman–Crippen LogP) is 4.89. The summed E-state index contributed by atoms with van der Waals surface area (Å²) in [5.41, 5.74) is 1.72. The van der Waals surface area contributed by atoms with Gasteiger partial charge in [0.05, 0.1) is 0 Å². The number of anilines is 2. The van der Waals surface area contributed by atoms with Gasteiger partial charge in [-0.3, -0.25) is 5.41 Å². The van der Waals surface area contributed by atoms with Crippen molar-refractivity contribution >= 4 is 28.1 Å². The minimum atomic E-state index is -0.306. The topological polar surface area (TPSA) is 47.9 Å². The lowest BCUT2D eigenvalue weighted by Gasteiger charge is -2.13. The zero-order valence-electron chi connectivity index (χ0n) is 12.5. The highest BCUT2D eigenvalue weighted by Gasteiger charge is 2.07. The fourth-order valence-electron chi connectivity index (χ4n) is 2.40. The molecule has 116 valence electrons. The van der Waals surface area contributed by atoms with E-state index in [1.54, 1.807) is 43.3 Å². The molecule has 3 N–H and O–H groups in total. The molecular weight excluding hydrogens is 296 g/mol. The minimum Gasteiger partial charge on any atom is -0.326 e. The molecular formula is C18H15F2N3. The number of hydrogen-bond donors (Lipinski definition) is 3. The number of guanidine groups is 1. The van der Waals surface area contributed by atoms with Gasteiger partial charge in [-0.15, -0.1) is 0 Å². The van der Waals surface area contributed by atoms with E-state index in [0.29, 0.717) is 27.7 Å². The first kappa shape index (κ1) is 15.0. The van der Waals surface area contributed by atoms with E-state index < -0.39 is 0 Å². The molecule has 0 atom stereocenters. The Labute approximate surface area is 132 Å². The van der Waals surface area contributed by atoms with Crippen molar-refractivity contribution in [3.63, 3.8) is 0 Å². The average molecular weight is 311 g/mol. The van der Waals surface area contributed by atoms with Gasteiger partial charge in [-0.1, -0.05) is 24.3 Å². The Morgan fingerprint density at radius 2 is 1.57 bits per heavy atom. The Kier molecular flexibility index (Phi) is 3.93. The molecule has 0 unspecified atom stereocenters. The van der Waals surface area contributed by atoms with E-state index in [1.165, 1.54) is 12.1 Å². The third-order valence-corrected chi connectivity index (χ3v) is 3.56. The quantitative estimate of drug-likeness (QED) is 0.466. The molecule has 0 aliphatic rings. The number of benzene rings is 3. The van der Waals surface area contributed by atoms with Crippen molar-refractivity contribution in [3.8, 4) is 0 Å². The molecule has 0 saturated carbocycles. The smallest absolute Gasteiger partial charge is 0.197 e. The second-order valence-electron chi connectivity index (χ2n) is 5.23. The fraction of sp³-hybridized carbons (Fsp3) is 0.0556. The molecule has 3 nitrogen and oxygen atoms in total. The predicted molar refractivity (Wildman–Crippen MR) is 90.0 cm³/mol. The van der Waals surface area contributed by atoms with E-state index in [1.807, 2.05) is 6.07 Å². The lowest BCUT2D eigenvalue weighted by atomic mass is 10.1. The molecule has 3 aromatic carbocycles. The molecule has 3 aromatic rings. The third-order valence-electron chi connectivity index (χ3n) is 3.56. The number of halogens is 2. The number of aryl methyl sites for hydroxylation is 1. The molecule has 5 heteroatoms. The maximum atomic E-state index is 13.8. The first-order chi connectivity index (χ1) is 11.0. The van der Waals surface area contributed by atoms with E-state index in [0.717, 1.165) is 0 Å². The molecule has 0 bridgehead atoms. The van der Waals surface area contributed by atoms with Gasteiger partial charge >= 0.3 is 0 Å². The van der Waals surface area contributed by atoms with Crippen LogP contribution in [0.3, 0.4) is 0 Å². The Morgan fingerprint density at radius 3 is 2.30 bits per heavy atom. The molecule has 0 heterocycles. The summed E-state index contributed by atoms with van der Waals surface area (Å²) < 4.78 is 27.1. The maximum absolute atomic E-state index is 13.8. The van der Waals surface area contributed by atoms with Crippen LogP contribution in [-0.4, -0.2) is 5.96 Å². The summed E-state index contributed by atoms with van der Waals surface area (Å²) in [5, 5.41) is 14.9. The number of nitrogens with one attached hydrogen (secondary N) is 3. The average Bonchev–Trinajstić information content (AvgIpc) is 2.54. The molecule has 0 aromatic heterocycles. The molecule has 0 amide bonds. The van der Waals surface area contributed by atoms with Crippen molar-refractivity contribution in [3.05, 3.63) is 71.8 Å². The summed E-state index contributed by atoms with van der Waals surface area (Å²) in [6, 6.07) is 14.5. The van der Waals surface area contributed by atoms with Crippen LogP contribution in [0.5, 0.6) is 0 Å². The maximum Gasteiger partial charge on any atom is 0.197 e. The van der Waals surface area contributed by atoms with Crippen molar-refractivity contribution in [2.24, 2.45) is 0 Å². The summed E-state index contributed by atoms with van der Waals surface area (Å²) in [5.74, 6) is -0.577. The summed E-state index contributed by atoms with van der Waals surface area (Å²) in [6.45, 7) is 1.66. The normalized spacial score (nSPS) is 10.6. The molecule has 0 spiro atoms. The molecule has 0 fully saturated rings. The van der Waals surface area contributed by atoms with Crippen LogP contribution in [0.2, 0.25) is 0 Å². The van der Waals surface area contributed by atoms with E-state index in [9.17, 15) is 8.78 Å². The molecule has 3 rings (SSSR count). The monoisotopic (exact) mass is 311 g/mol. The number of hydrogen-bond acceptors (Lipinski definition) is 1. The number of rotatable bonds is 2. The second kappa shape index (κ2) is 6.04. The van der Waals surface area contributed by atoms with Crippen LogP contribution in [-0.2, 0) is 0 Å². The van der Waals surface area contributed by atoms with Crippen molar-refractivity contribution in [2.75, 3.05) is 10.6 Å². The van der Waals surface area contributed by atoms with Gasteiger partial charge in [0.2, 0.25) is 0 Å². The van der Waals surface area contributed by atoms with Crippen molar-refractivity contribution in [2.45, 2.75) is 6.92 Å². The van der Waals surface area contributed by atoms with Gasteiger partial charge in [0, 0.05) is 22.1 Å². The molecule has 0 aliphatic carbocycles. The zero-order valence-corrected chi connectivity index (χ0v) is 12.5. The Bertz CT molecular complexity index is 891. The van der Waals surface area contributed by atoms with Crippen LogP contribution in [0.15, 0.2) is 54.6 Å². The van der Waals surface area contributed by atoms with E-state index in [4.69, 9.17) is 5.41 Å². The van der Waals surface area contributed by atoms with Crippen LogP contribution in [0.1, 0.15) is 5.56 Å². The van der Waals surface area contributed by atoms with Crippen LogP contribution in [0.25, 0.3) is 10.8 Å². The summed E-state index contributed by atoms with van der Waals surface area (Å²) >= 11 is 0. The van der Waals surface area contributed by atoms with Crippen LogP contribution in [0, 0.1) is 24.0 Å². The second-order valence-corrected chi connectivity index (χ2v) is 5.23. The van der Waals surface area contributed by atoms with Crippen LogP contribution >= 0.6 is 0 Å². The summed E-state index contributed by atoms with van der Waals surface area (Å²) in [6.07, 6.45) is 0. The molecule has 0 aliphatic heterocycles. The van der Waals surface area contributed by atoms with Gasteiger partial charge < -0.3 is 10.6 Å². The van der Waals surface area contributed by atoms with E-state index in [-0.39, 0.29) is 17.6 Å². The van der Waals surface area contributed by atoms with Gasteiger partial charge in [0.25, 0.3) is 0 Å². The van der Waals surface area contributed by atoms with E-state index in [2.05, 4.69) is 10.6 Å². The Balaban J connectivity index is 1.83. The molecule has 0 radical (unpaired) electrons. The van der Waals surface area contributed by atoms with Crippen molar-refractivity contribution < 1.29 is 8.78 Å². The van der Waals surface area contributed by atoms with Crippen molar-refractivity contribution in [1.82, 2.24) is 0 Å². The van der Waals surface area contributed by atoms with Crippen LogP contribution in [0.4, 0.5) is 20.2 Å². The summed E-state index contributed by atoms with van der Waals surface area (Å²) in [7, 11) is 0. The third kappa shape index (κ3) is 3.13. The highest BCUT2D eigenvalue weighted by molar-refractivity contribution is 6.07. The SMILES string of the molecule is Cc1cc(NC(=N)Nc2ccc(F)c3ccccc23)ccc1F. The van der Waals surface area contributed by atoms with Gasteiger partial charge in [0.1, 0.15) is 11.6 Å². The zero-order chi connectivity index (χ0) is 16.4. The van der Waals surface area contributed by atoms with Gasteiger partial charge in [-0.05, 0) is 42.8 Å². The lowest BCUT2D eigenvalue weighted by molar-refractivity contribution is 0.619. The van der Waals surface area contributed by atoms with Crippen molar-refractivity contribution in [1.29, 1.82) is 5.41 Å². The lowest BCUT2D eigenvalue weighted by Crippen LogP contribution is -2.20. The Hall–Kier alpha value is -2.95. The van der Waals surface area contributed by atoms with Gasteiger partial charge in [0.15, 0.2) is 5.96 Å². The standard InChI is InChI=1S/C18H15F2N3/c1-11-10-12(6-7-15(11)19)22-18(21)23-17-9-8-16(20)13-4-2-3-5-14(13)17/h2-10H,1H3,(H3,21,22,23). The highest BCUT2D eigenvalue weighted by atomic mass is 19.1. The highest BCUT2D eigenvalue weighted by Crippen LogP contribution is 2.25. The van der Waals surface area contributed by atoms with Gasteiger partial charge in [-0.25, -0.2) is 8.78 Å². The first-order valence-corrected chi connectivity index (χ1v) is 7.10. The minimum absolute atomic E-state index is 0.0211. The largest absolute Gasteiger partial charge is 0.326 e. The van der Waals surface area contributed by atoms with Gasteiger partial charge in [-0.2, -0.15) is 0 Å².